The smallest absolute Gasteiger partial charge is 0.0667 e. The Balaban J connectivity index is 1.78. The molecule has 2 rings (SSSR count). The van der Waals surface area contributed by atoms with Crippen molar-refractivity contribution < 1.29 is 5.11 Å². The molecule has 1 N–H and O–H groups in total. The summed E-state index contributed by atoms with van der Waals surface area (Å²) in [6.07, 6.45) is 3.19. The predicted molar refractivity (Wildman–Crippen MR) is 71.2 cm³/mol. The monoisotopic (exact) mass is 233 g/mol. The van der Waals surface area contributed by atoms with Crippen LogP contribution in [0.4, 0.5) is 0 Å². The Morgan fingerprint density at radius 2 is 2.12 bits per heavy atom. The molecular weight excluding hydrogens is 210 g/mol. The Morgan fingerprint density at radius 3 is 2.82 bits per heavy atom. The Bertz CT molecular complexity index is 325. The zero-order valence-electron chi connectivity index (χ0n) is 10.7. The van der Waals surface area contributed by atoms with Crippen molar-refractivity contribution in [2.75, 3.05) is 19.6 Å². The average molecular weight is 233 g/mol. The molecule has 2 atom stereocenters. The van der Waals surface area contributed by atoms with Gasteiger partial charge in [-0.3, -0.25) is 0 Å². The molecule has 1 heterocycles. The van der Waals surface area contributed by atoms with E-state index in [0.29, 0.717) is 5.92 Å². The second-order valence-corrected chi connectivity index (χ2v) is 5.20. The number of hydrogen-bond donors (Lipinski definition) is 1. The summed E-state index contributed by atoms with van der Waals surface area (Å²) in [5.74, 6) is 0.607. The van der Waals surface area contributed by atoms with Gasteiger partial charge in [0.05, 0.1) is 6.10 Å². The molecule has 2 heteroatoms. The van der Waals surface area contributed by atoms with Gasteiger partial charge in [0.2, 0.25) is 0 Å². The maximum Gasteiger partial charge on any atom is 0.0667 e. The van der Waals surface area contributed by atoms with E-state index in [1.54, 1.807) is 0 Å². The van der Waals surface area contributed by atoms with Crippen molar-refractivity contribution in [1.29, 1.82) is 0 Å². The Kier molecular flexibility index (Phi) is 4.57. The molecule has 0 spiro atoms. The summed E-state index contributed by atoms with van der Waals surface area (Å²) < 4.78 is 0. The maximum absolute atomic E-state index is 9.62. The topological polar surface area (TPSA) is 23.5 Å². The van der Waals surface area contributed by atoms with Crippen LogP contribution in [0.1, 0.15) is 37.7 Å². The second-order valence-electron chi connectivity index (χ2n) is 5.20. The van der Waals surface area contributed by atoms with Gasteiger partial charge in [-0.15, -0.1) is 0 Å². The molecule has 1 aromatic carbocycles. The molecule has 0 saturated carbocycles. The van der Waals surface area contributed by atoms with E-state index in [-0.39, 0.29) is 6.10 Å². The van der Waals surface area contributed by atoms with Crippen LogP contribution in [0.15, 0.2) is 30.3 Å². The lowest BCUT2D eigenvalue weighted by atomic mass is 9.97. The highest BCUT2D eigenvalue weighted by Gasteiger charge is 2.17. The van der Waals surface area contributed by atoms with E-state index in [1.165, 1.54) is 12.0 Å². The fourth-order valence-corrected chi connectivity index (χ4v) is 2.56. The van der Waals surface area contributed by atoms with Gasteiger partial charge in [0.1, 0.15) is 0 Å². The largest absolute Gasteiger partial charge is 0.392 e. The number of likely N-dealkylation sites (tertiary alicyclic amines) is 1. The third kappa shape index (κ3) is 3.83. The fraction of sp³-hybridized carbons (Fsp3) is 0.600. The van der Waals surface area contributed by atoms with Gasteiger partial charge in [0.25, 0.3) is 0 Å². The SMILES string of the molecule is C[C@@H](CCN1CCC[C@@H](O)C1)c1ccccc1. The van der Waals surface area contributed by atoms with Gasteiger partial charge in [-0.25, -0.2) is 0 Å². The van der Waals surface area contributed by atoms with Crippen molar-refractivity contribution in [3.8, 4) is 0 Å². The molecule has 17 heavy (non-hydrogen) atoms. The molecule has 0 aromatic heterocycles. The molecule has 0 radical (unpaired) electrons. The zero-order chi connectivity index (χ0) is 12.1. The van der Waals surface area contributed by atoms with Gasteiger partial charge in [0.15, 0.2) is 0 Å². The average Bonchev–Trinajstić information content (AvgIpc) is 2.37. The first-order valence-electron chi connectivity index (χ1n) is 6.71. The number of nitrogens with zero attached hydrogens (tertiary/aromatic N) is 1. The Hall–Kier alpha value is -0.860. The minimum Gasteiger partial charge on any atom is -0.392 e. The van der Waals surface area contributed by atoms with Crippen LogP contribution in [0.3, 0.4) is 0 Å². The lowest BCUT2D eigenvalue weighted by molar-refractivity contribution is 0.0693. The summed E-state index contributed by atoms with van der Waals surface area (Å²) in [5.41, 5.74) is 1.42. The number of rotatable bonds is 4. The van der Waals surface area contributed by atoms with Gasteiger partial charge >= 0.3 is 0 Å². The van der Waals surface area contributed by atoms with Gasteiger partial charge in [-0.2, -0.15) is 0 Å². The standard InChI is InChI=1S/C15H23NO/c1-13(14-6-3-2-4-7-14)9-11-16-10-5-8-15(17)12-16/h2-4,6-7,13,15,17H,5,8-12H2,1H3/t13-,15+/m0/s1. The van der Waals surface area contributed by atoms with Gasteiger partial charge in [0, 0.05) is 6.54 Å². The van der Waals surface area contributed by atoms with Crippen LogP contribution in [0, 0.1) is 0 Å². The van der Waals surface area contributed by atoms with Crippen LogP contribution in [-0.2, 0) is 0 Å². The van der Waals surface area contributed by atoms with E-state index in [0.717, 1.165) is 32.5 Å². The molecule has 1 saturated heterocycles. The molecule has 94 valence electrons. The molecule has 0 aliphatic carbocycles. The molecule has 0 unspecified atom stereocenters. The van der Waals surface area contributed by atoms with Crippen LogP contribution in [0.2, 0.25) is 0 Å². The van der Waals surface area contributed by atoms with E-state index in [1.807, 2.05) is 0 Å². The highest BCUT2D eigenvalue weighted by Crippen LogP contribution is 2.20. The maximum atomic E-state index is 9.62. The number of aliphatic hydroxyl groups excluding tert-OH is 1. The van der Waals surface area contributed by atoms with Crippen LogP contribution >= 0.6 is 0 Å². The number of benzene rings is 1. The summed E-state index contributed by atoms with van der Waals surface area (Å²) in [7, 11) is 0. The van der Waals surface area contributed by atoms with Crippen molar-refractivity contribution in [2.24, 2.45) is 0 Å². The first kappa shape index (κ1) is 12.6. The third-order valence-electron chi connectivity index (χ3n) is 3.73. The molecule has 1 fully saturated rings. The molecule has 1 aliphatic heterocycles. The fourth-order valence-electron chi connectivity index (χ4n) is 2.56. The number of aliphatic hydroxyl groups is 1. The lowest BCUT2D eigenvalue weighted by Crippen LogP contribution is -2.39. The summed E-state index contributed by atoms with van der Waals surface area (Å²) in [5, 5.41) is 9.62. The van der Waals surface area contributed by atoms with Crippen molar-refractivity contribution >= 4 is 0 Å². The van der Waals surface area contributed by atoms with Crippen LogP contribution in [0.25, 0.3) is 0 Å². The first-order valence-corrected chi connectivity index (χ1v) is 6.71. The van der Waals surface area contributed by atoms with Crippen LogP contribution in [-0.4, -0.2) is 35.7 Å². The molecule has 2 nitrogen and oxygen atoms in total. The summed E-state index contributed by atoms with van der Waals surface area (Å²) in [4.78, 5) is 2.40. The van der Waals surface area contributed by atoms with Crippen molar-refractivity contribution in [3.63, 3.8) is 0 Å². The van der Waals surface area contributed by atoms with Crippen molar-refractivity contribution in [2.45, 2.75) is 38.2 Å². The normalized spacial score (nSPS) is 23.5. The Labute approximate surface area is 104 Å². The quantitative estimate of drug-likeness (QED) is 0.864. The summed E-state index contributed by atoms with van der Waals surface area (Å²) in [6.45, 7) is 5.41. The van der Waals surface area contributed by atoms with Crippen molar-refractivity contribution in [1.82, 2.24) is 4.90 Å². The van der Waals surface area contributed by atoms with Crippen LogP contribution in [0.5, 0.6) is 0 Å². The zero-order valence-corrected chi connectivity index (χ0v) is 10.7. The van der Waals surface area contributed by atoms with Gasteiger partial charge < -0.3 is 10.0 Å². The van der Waals surface area contributed by atoms with Crippen molar-refractivity contribution in [3.05, 3.63) is 35.9 Å². The molecular formula is C15H23NO. The molecule has 1 aromatic rings. The summed E-state index contributed by atoms with van der Waals surface area (Å²) >= 11 is 0. The molecule has 1 aliphatic rings. The minimum absolute atomic E-state index is 0.101. The highest BCUT2D eigenvalue weighted by molar-refractivity contribution is 5.18. The van der Waals surface area contributed by atoms with E-state index >= 15 is 0 Å². The first-order chi connectivity index (χ1) is 8.25. The van der Waals surface area contributed by atoms with E-state index in [4.69, 9.17) is 0 Å². The number of hydrogen-bond acceptors (Lipinski definition) is 2. The number of β-amino-alcohol motifs (C(OH)–C–C–N with tert-alkyl or cyclic N) is 1. The minimum atomic E-state index is -0.101. The highest BCUT2D eigenvalue weighted by atomic mass is 16.3. The lowest BCUT2D eigenvalue weighted by Gasteiger charge is -2.30. The second kappa shape index (κ2) is 6.18. The van der Waals surface area contributed by atoms with E-state index < -0.39 is 0 Å². The Morgan fingerprint density at radius 1 is 1.35 bits per heavy atom. The van der Waals surface area contributed by atoms with Gasteiger partial charge in [-0.05, 0) is 43.8 Å². The molecule has 0 amide bonds. The molecule has 0 bridgehead atoms. The van der Waals surface area contributed by atoms with E-state index in [2.05, 4.69) is 42.2 Å². The predicted octanol–water partition coefficient (Wildman–Crippen LogP) is 2.64. The summed E-state index contributed by atoms with van der Waals surface area (Å²) in [6, 6.07) is 10.7. The van der Waals surface area contributed by atoms with E-state index in [9.17, 15) is 5.11 Å². The van der Waals surface area contributed by atoms with Crippen LogP contribution < -0.4 is 0 Å². The number of piperidine rings is 1. The third-order valence-corrected chi connectivity index (χ3v) is 3.73. The van der Waals surface area contributed by atoms with Gasteiger partial charge in [-0.1, -0.05) is 37.3 Å².